The molecule has 0 radical (unpaired) electrons. The number of aliphatic hydroxyl groups is 3. The van der Waals surface area contributed by atoms with Crippen LogP contribution >= 0.6 is 11.8 Å². The summed E-state index contributed by atoms with van der Waals surface area (Å²) in [7, 11) is 0. The van der Waals surface area contributed by atoms with Crippen LogP contribution in [0.4, 0.5) is 5.69 Å². The number of para-hydroxylation sites is 1. The highest BCUT2D eigenvalue weighted by Gasteiger charge is 2.42. The van der Waals surface area contributed by atoms with Gasteiger partial charge >= 0.3 is 0 Å². The lowest BCUT2D eigenvalue weighted by Gasteiger charge is -2.38. The molecule has 7 nitrogen and oxygen atoms in total. The molecule has 1 saturated heterocycles. The number of nitrogens with zero attached hydrogens (tertiary/aromatic N) is 1. The van der Waals surface area contributed by atoms with Crippen LogP contribution in [0.1, 0.15) is 6.92 Å². The Kier molecular flexibility index (Phi) is 4.61. The van der Waals surface area contributed by atoms with E-state index in [9.17, 15) is 25.4 Å². The Morgan fingerprint density at radius 3 is 2.50 bits per heavy atom. The maximum absolute atomic E-state index is 10.9. The van der Waals surface area contributed by atoms with Crippen molar-refractivity contribution in [2.24, 2.45) is 0 Å². The third kappa shape index (κ3) is 2.94. The number of nitro benzene ring substituents is 1. The summed E-state index contributed by atoms with van der Waals surface area (Å²) in [6.07, 6.45) is -4.54. The van der Waals surface area contributed by atoms with Crippen molar-refractivity contribution in [2.75, 3.05) is 0 Å². The van der Waals surface area contributed by atoms with E-state index in [1.165, 1.54) is 6.07 Å². The number of ether oxygens (including phenoxy) is 1. The maximum atomic E-state index is 10.9. The monoisotopic (exact) mass is 301 g/mol. The zero-order valence-corrected chi connectivity index (χ0v) is 11.4. The molecule has 0 unspecified atom stereocenters. The number of thioether (sulfide) groups is 1. The molecule has 1 aliphatic heterocycles. The van der Waals surface area contributed by atoms with Gasteiger partial charge in [0.05, 0.1) is 15.9 Å². The van der Waals surface area contributed by atoms with Gasteiger partial charge in [-0.25, -0.2) is 0 Å². The predicted octanol–water partition coefficient (Wildman–Crippen LogP) is 0.514. The molecule has 2 rings (SSSR count). The Morgan fingerprint density at radius 1 is 1.20 bits per heavy atom. The molecule has 0 amide bonds. The van der Waals surface area contributed by atoms with Gasteiger partial charge in [0.25, 0.3) is 5.69 Å². The summed E-state index contributed by atoms with van der Waals surface area (Å²) in [5.41, 5.74) is -0.980. The predicted molar refractivity (Wildman–Crippen MR) is 71.3 cm³/mol. The number of rotatable bonds is 3. The van der Waals surface area contributed by atoms with E-state index in [0.29, 0.717) is 4.90 Å². The number of hydrogen-bond donors (Lipinski definition) is 3. The average molecular weight is 301 g/mol. The Bertz CT molecular complexity index is 499. The van der Waals surface area contributed by atoms with E-state index in [1.54, 1.807) is 25.1 Å². The standard InChI is InChI=1S/C12H15NO6S/c1-6-9(14)10(15)11(16)12(19-6)20-8-5-3-2-4-7(8)13(17)18/h2-6,9-12,14-16H,1H3/t6-,9+,10+,11+,12-/m0/s1. The molecule has 8 heteroatoms. The Labute approximate surface area is 119 Å². The van der Waals surface area contributed by atoms with Crippen molar-refractivity contribution in [3.8, 4) is 0 Å². The van der Waals surface area contributed by atoms with Crippen molar-refractivity contribution < 1.29 is 25.0 Å². The Hall–Kier alpha value is -1.19. The second-order valence-electron chi connectivity index (χ2n) is 4.52. The summed E-state index contributed by atoms with van der Waals surface area (Å²) in [4.78, 5) is 10.7. The SMILES string of the molecule is C[C@@H]1O[C@@H](Sc2ccccc2[N+](=O)[O-])[C@H](O)[C@H](O)[C@@H]1O. The summed E-state index contributed by atoms with van der Waals surface area (Å²) in [5, 5.41) is 40.1. The van der Waals surface area contributed by atoms with Crippen LogP contribution < -0.4 is 0 Å². The van der Waals surface area contributed by atoms with Crippen LogP contribution in [0.2, 0.25) is 0 Å². The van der Waals surface area contributed by atoms with Crippen molar-refractivity contribution >= 4 is 17.4 Å². The largest absolute Gasteiger partial charge is 0.388 e. The van der Waals surface area contributed by atoms with Gasteiger partial charge in [0.15, 0.2) is 0 Å². The van der Waals surface area contributed by atoms with Crippen LogP contribution in [0.25, 0.3) is 0 Å². The maximum Gasteiger partial charge on any atom is 0.282 e. The molecule has 1 heterocycles. The summed E-state index contributed by atoms with van der Waals surface area (Å²) in [5.74, 6) is 0. The number of aliphatic hydroxyl groups excluding tert-OH is 3. The van der Waals surface area contributed by atoms with Crippen LogP contribution in [-0.4, -0.2) is 50.1 Å². The van der Waals surface area contributed by atoms with E-state index in [-0.39, 0.29) is 5.69 Å². The van der Waals surface area contributed by atoms with Gasteiger partial charge in [-0.15, -0.1) is 0 Å². The molecule has 1 fully saturated rings. The molecular weight excluding hydrogens is 286 g/mol. The van der Waals surface area contributed by atoms with Gasteiger partial charge in [0, 0.05) is 6.07 Å². The van der Waals surface area contributed by atoms with E-state index in [0.717, 1.165) is 11.8 Å². The van der Waals surface area contributed by atoms with E-state index >= 15 is 0 Å². The van der Waals surface area contributed by atoms with Crippen LogP contribution in [0, 0.1) is 10.1 Å². The summed E-state index contributed by atoms with van der Waals surface area (Å²) in [6.45, 7) is 1.56. The summed E-state index contributed by atoms with van der Waals surface area (Å²) < 4.78 is 5.40. The molecule has 0 aliphatic carbocycles. The topological polar surface area (TPSA) is 113 Å². The van der Waals surface area contributed by atoms with E-state index in [4.69, 9.17) is 4.74 Å². The molecular formula is C12H15NO6S. The van der Waals surface area contributed by atoms with Crippen molar-refractivity contribution in [3.05, 3.63) is 34.4 Å². The van der Waals surface area contributed by atoms with Crippen LogP contribution in [0.15, 0.2) is 29.2 Å². The minimum absolute atomic E-state index is 0.0958. The fourth-order valence-corrected chi connectivity index (χ4v) is 3.15. The first-order valence-corrected chi connectivity index (χ1v) is 6.89. The van der Waals surface area contributed by atoms with Gasteiger partial charge in [-0.05, 0) is 13.0 Å². The second kappa shape index (κ2) is 6.06. The molecule has 1 aromatic rings. The normalized spacial score (nSPS) is 33.9. The van der Waals surface area contributed by atoms with Crippen molar-refractivity contribution in [3.63, 3.8) is 0 Å². The molecule has 0 saturated carbocycles. The molecule has 110 valence electrons. The first-order chi connectivity index (χ1) is 9.41. The number of hydrogen-bond acceptors (Lipinski definition) is 7. The van der Waals surface area contributed by atoms with Gasteiger partial charge in [0.1, 0.15) is 23.7 Å². The molecule has 5 atom stereocenters. The zero-order valence-electron chi connectivity index (χ0n) is 10.6. The highest BCUT2D eigenvalue weighted by atomic mass is 32.2. The first-order valence-electron chi connectivity index (χ1n) is 6.01. The van der Waals surface area contributed by atoms with Crippen LogP contribution in [0.5, 0.6) is 0 Å². The van der Waals surface area contributed by atoms with E-state index in [2.05, 4.69) is 0 Å². The minimum Gasteiger partial charge on any atom is -0.388 e. The third-order valence-electron chi connectivity index (χ3n) is 3.11. The number of benzene rings is 1. The molecule has 3 N–H and O–H groups in total. The fourth-order valence-electron chi connectivity index (χ4n) is 1.94. The van der Waals surface area contributed by atoms with Crippen molar-refractivity contribution in [1.29, 1.82) is 0 Å². The highest BCUT2D eigenvalue weighted by molar-refractivity contribution is 8.00. The van der Waals surface area contributed by atoms with Gasteiger partial charge in [-0.3, -0.25) is 10.1 Å². The lowest BCUT2D eigenvalue weighted by molar-refractivity contribution is -0.387. The fraction of sp³-hybridized carbons (Fsp3) is 0.500. The van der Waals surface area contributed by atoms with Crippen molar-refractivity contribution in [1.82, 2.24) is 0 Å². The quantitative estimate of drug-likeness (QED) is 0.551. The molecule has 0 bridgehead atoms. The summed E-state index contributed by atoms with van der Waals surface area (Å²) >= 11 is 0.952. The first kappa shape index (κ1) is 15.2. The molecule has 0 aromatic heterocycles. The molecule has 0 spiro atoms. The van der Waals surface area contributed by atoms with E-state index in [1.807, 2.05) is 0 Å². The summed E-state index contributed by atoms with van der Waals surface area (Å²) in [6, 6.07) is 6.08. The van der Waals surface area contributed by atoms with Crippen molar-refractivity contribution in [2.45, 2.75) is 41.7 Å². The van der Waals surface area contributed by atoms with Gasteiger partial charge in [-0.1, -0.05) is 23.9 Å². The third-order valence-corrected chi connectivity index (χ3v) is 4.33. The molecule has 1 aliphatic rings. The lowest BCUT2D eigenvalue weighted by Crippen LogP contribution is -2.55. The second-order valence-corrected chi connectivity index (χ2v) is 5.66. The van der Waals surface area contributed by atoms with Crippen LogP contribution in [0.3, 0.4) is 0 Å². The van der Waals surface area contributed by atoms with Gasteiger partial charge in [-0.2, -0.15) is 0 Å². The van der Waals surface area contributed by atoms with Gasteiger partial charge < -0.3 is 20.1 Å². The Balaban J connectivity index is 2.20. The minimum atomic E-state index is -1.35. The smallest absolute Gasteiger partial charge is 0.282 e. The molecule has 20 heavy (non-hydrogen) atoms. The number of nitro groups is 1. The van der Waals surface area contributed by atoms with Gasteiger partial charge in [0.2, 0.25) is 0 Å². The highest BCUT2D eigenvalue weighted by Crippen LogP contribution is 2.37. The van der Waals surface area contributed by atoms with E-state index < -0.39 is 34.8 Å². The lowest BCUT2D eigenvalue weighted by atomic mass is 10.0. The average Bonchev–Trinajstić information content (AvgIpc) is 2.43. The zero-order chi connectivity index (χ0) is 14.9. The molecule has 1 aromatic carbocycles. The Morgan fingerprint density at radius 2 is 1.85 bits per heavy atom. The van der Waals surface area contributed by atoms with Crippen LogP contribution in [-0.2, 0) is 4.74 Å².